The Kier molecular flexibility index (Phi) is 5.75. The minimum absolute atomic E-state index is 0.0452. The number of amides is 2. The average molecular weight is 401 g/mol. The first-order valence-corrected chi connectivity index (χ1v) is 10.0. The van der Waals surface area contributed by atoms with Gasteiger partial charge in [-0.25, -0.2) is 4.98 Å². The Labute approximate surface area is 175 Å². The molecule has 4 rings (SSSR count). The van der Waals surface area contributed by atoms with Crippen LogP contribution in [0.5, 0.6) is 11.6 Å². The number of nitrogens with one attached hydrogen (secondary N) is 1. The van der Waals surface area contributed by atoms with E-state index in [2.05, 4.69) is 10.3 Å². The Morgan fingerprint density at radius 2 is 1.73 bits per heavy atom. The highest BCUT2D eigenvalue weighted by molar-refractivity contribution is 6.09. The standard InChI is InChI=1S/C24H23N3O3/c1-17-8-7-11-20(24(29)27-14-5-6-15-27)22(17)26-23(28)18-12-13-21(25-16-18)30-19-9-3-2-4-10-19/h2-4,7-13,16H,5-6,14-15H2,1H3,(H,26,28). The van der Waals surface area contributed by atoms with Crippen molar-refractivity contribution >= 4 is 17.5 Å². The van der Waals surface area contributed by atoms with Crippen LogP contribution in [-0.2, 0) is 0 Å². The van der Waals surface area contributed by atoms with Crippen LogP contribution in [-0.4, -0.2) is 34.8 Å². The molecule has 0 bridgehead atoms. The summed E-state index contributed by atoms with van der Waals surface area (Å²) in [5.74, 6) is 0.709. The zero-order valence-corrected chi connectivity index (χ0v) is 16.8. The van der Waals surface area contributed by atoms with Crippen LogP contribution in [0.3, 0.4) is 0 Å². The molecule has 1 aromatic heterocycles. The molecule has 1 saturated heterocycles. The molecule has 0 unspecified atom stereocenters. The lowest BCUT2D eigenvalue weighted by molar-refractivity contribution is 0.0793. The van der Waals surface area contributed by atoms with Crippen molar-refractivity contribution in [3.8, 4) is 11.6 Å². The quantitative estimate of drug-likeness (QED) is 0.674. The van der Waals surface area contributed by atoms with Crippen molar-refractivity contribution in [3.05, 3.63) is 83.6 Å². The number of pyridine rings is 1. The van der Waals surface area contributed by atoms with E-state index in [1.807, 2.05) is 54.3 Å². The predicted octanol–water partition coefficient (Wildman–Crippen LogP) is 4.67. The highest BCUT2D eigenvalue weighted by atomic mass is 16.5. The number of carbonyl (C=O) groups is 2. The maximum Gasteiger partial charge on any atom is 0.257 e. The molecular weight excluding hydrogens is 378 g/mol. The van der Waals surface area contributed by atoms with Crippen LogP contribution in [0.4, 0.5) is 5.69 Å². The minimum Gasteiger partial charge on any atom is -0.439 e. The number of nitrogens with zero attached hydrogens (tertiary/aromatic N) is 2. The first kappa shape index (κ1) is 19.6. The topological polar surface area (TPSA) is 71.5 Å². The second-order valence-electron chi connectivity index (χ2n) is 7.25. The van der Waals surface area contributed by atoms with Crippen molar-refractivity contribution in [1.82, 2.24) is 9.88 Å². The lowest BCUT2D eigenvalue weighted by Crippen LogP contribution is -2.29. The lowest BCUT2D eigenvalue weighted by Gasteiger charge is -2.19. The molecule has 3 aromatic rings. The number of para-hydroxylation sites is 2. The molecule has 6 heteroatoms. The highest BCUT2D eigenvalue weighted by Crippen LogP contribution is 2.25. The molecule has 30 heavy (non-hydrogen) atoms. The van der Waals surface area contributed by atoms with Crippen LogP contribution in [0, 0.1) is 6.92 Å². The van der Waals surface area contributed by atoms with E-state index in [9.17, 15) is 9.59 Å². The van der Waals surface area contributed by atoms with Gasteiger partial charge in [-0.2, -0.15) is 0 Å². The Morgan fingerprint density at radius 3 is 2.43 bits per heavy atom. The lowest BCUT2D eigenvalue weighted by atomic mass is 10.1. The van der Waals surface area contributed by atoms with Gasteiger partial charge < -0.3 is 15.0 Å². The number of aromatic nitrogens is 1. The monoisotopic (exact) mass is 401 g/mol. The highest BCUT2D eigenvalue weighted by Gasteiger charge is 2.23. The third-order valence-corrected chi connectivity index (χ3v) is 5.10. The minimum atomic E-state index is -0.321. The Morgan fingerprint density at radius 1 is 0.967 bits per heavy atom. The van der Waals surface area contributed by atoms with Crippen molar-refractivity contribution in [2.75, 3.05) is 18.4 Å². The molecule has 1 fully saturated rings. The summed E-state index contributed by atoms with van der Waals surface area (Å²) in [5, 5.41) is 2.90. The summed E-state index contributed by atoms with van der Waals surface area (Å²) in [7, 11) is 0. The summed E-state index contributed by atoms with van der Waals surface area (Å²) in [6.07, 6.45) is 3.50. The van der Waals surface area contributed by atoms with Crippen LogP contribution < -0.4 is 10.1 Å². The SMILES string of the molecule is Cc1cccc(C(=O)N2CCCC2)c1NC(=O)c1ccc(Oc2ccccc2)nc1. The Hall–Kier alpha value is -3.67. The fourth-order valence-corrected chi connectivity index (χ4v) is 3.47. The van der Waals surface area contributed by atoms with Gasteiger partial charge in [0.15, 0.2) is 0 Å². The van der Waals surface area contributed by atoms with Gasteiger partial charge in [-0.1, -0.05) is 30.3 Å². The molecule has 0 radical (unpaired) electrons. The van der Waals surface area contributed by atoms with E-state index in [1.165, 1.54) is 6.20 Å². The molecule has 1 aliphatic heterocycles. The number of carbonyl (C=O) groups excluding carboxylic acids is 2. The number of ether oxygens (including phenoxy) is 1. The van der Waals surface area contributed by atoms with E-state index in [-0.39, 0.29) is 11.8 Å². The zero-order chi connectivity index (χ0) is 20.9. The summed E-state index contributed by atoms with van der Waals surface area (Å²) in [6, 6.07) is 18.1. The fraction of sp³-hybridized carbons (Fsp3) is 0.208. The molecule has 0 spiro atoms. The van der Waals surface area contributed by atoms with E-state index in [0.717, 1.165) is 31.5 Å². The molecule has 2 heterocycles. The van der Waals surface area contributed by atoms with E-state index in [1.54, 1.807) is 18.2 Å². The number of hydrogen-bond acceptors (Lipinski definition) is 4. The van der Waals surface area contributed by atoms with Gasteiger partial charge in [0.1, 0.15) is 5.75 Å². The van der Waals surface area contributed by atoms with Crippen molar-refractivity contribution in [2.24, 2.45) is 0 Å². The number of hydrogen-bond donors (Lipinski definition) is 1. The zero-order valence-electron chi connectivity index (χ0n) is 16.8. The van der Waals surface area contributed by atoms with Gasteiger partial charge in [0.05, 0.1) is 16.8 Å². The van der Waals surface area contributed by atoms with E-state index < -0.39 is 0 Å². The van der Waals surface area contributed by atoms with Crippen LogP contribution >= 0.6 is 0 Å². The smallest absolute Gasteiger partial charge is 0.257 e. The fourth-order valence-electron chi connectivity index (χ4n) is 3.47. The third kappa shape index (κ3) is 4.33. The first-order chi connectivity index (χ1) is 14.6. The van der Waals surface area contributed by atoms with Crippen molar-refractivity contribution in [3.63, 3.8) is 0 Å². The van der Waals surface area contributed by atoms with Crippen molar-refractivity contribution in [1.29, 1.82) is 0 Å². The third-order valence-electron chi connectivity index (χ3n) is 5.10. The van der Waals surface area contributed by atoms with Gasteiger partial charge in [-0.15, -0.1) is 0 Å². The normalized spacial score (nSPS) is 13.2. The van der Waals surface area contributed by atoms with Crippen molar-refractivity contribution in [2.45, 2.75) is 19.8 Å². The van der Waals surface area contributed by atoms with Gasteiger partial charge in [-0.3, -0.25) is 9.59 Å². The summed E-state index contributed by atoms with van der Waals surface area (Å²) < 4.78 is 5.67. The summed E-state index contributed by atoms with van der Waals surface area (Å²) in [5.41, 5.74) is 2.29. The number of benzene rings is 2. The van der Waals surface area contributed by atoms with Crippen LogP contribution in [0.2, 0.25) is 0 Å². The van der Waals surface area contributed by atoms with Gasteiger partial charge in [-0.05, 0) is 49.6 Å². The molecule has 2 aromatic carbocycles. The number of anilines is 1. The van der Waals surface area contributed by atoms with E-state index in [4.69, 9.17) is 4.74 Å². The van der Waals surface area contributed by atoms with E-state index >= 15 is 0 Å². The van der Waals surface area contributed by atoms with Gasteiger partial charge in [0.25, 0.3) is 11.8 Å². The second-order valence-corrected chi connectivity index (χ2v) is 7.25. The van der Waals surface area contributed by atoms with Crippen LogP contribution in [0.25, 0.3) is 0 Å². The Balaban J connectivity index is 1.50. The first-order valence-electron chi connectivity index (χ1n) is 10.0. The summed E-state index contributed by atoms with van der Waals surface area (Å²) in [6.45, 7) is 3.39. The molecule has 0 atom stereocenters. The molecule has 1 N–H and O–H groups in total. The van der Waals surface area contributed by atoms with Gasteiger partial charge >= 0.3 is 0 Å². The molecule has 152 valence electrons. The predicted molar refractivity (Wildman–Crippen MR) is 115 cm³/mol. The Bertz CT molecular complexity index is 1040. The number of aryl methyl sites for hydroxylation is 1. The van der Waals surface area contributed by atoms with Crippen molar-refractivity contribution < 1.29 is 14.3 Å². The molecule has 0 saturated carbocycles. The van der Waals surface area contributed by atoms with Gasteiger partial charge in [0, 0.05) is 25.4 Å². The average Bonchev–Trinajstić information content (AvgIpc) is 3.31. The summed E-state index contributed by atoms with van der Waals surface area (Å²) in [4.78, 5) is 31.8. The molecular formula is C24H23N3O3. The maximum atomic E-state index is 12.9. The second kappa shape index (κ2) is 8.78. The number of rotatable bonds is 5. The maximum absolute atomic E-state index is 12.9. The van der Waals surface area contributed by atoms with E-state index in [0.29, 0.717) is 28.4 Å². The molecule has 2 amide bonds. The summed E-state index contributed by atoms with van der Waals surface area (Å²) >= 11 is 0. The van der Waals surface area contributed by atoms with Gasteiger partial charge in [0.2, 0.25) is 5.88 Å². The molecule has 1 aliphatic rings. The molecule has 0 aliphatic carbocycles. The molecule has 6 nitrogen and oxygen atoms in total. The van der Waals surface area contributed by atoms with Crippen LogP contribution in [0.15, 0.2) is 66.9 Å². The van der Waals surface area contributed by atoms with Crippen LogP contribution in [0.1, 0.15) is 39.1 Å². The largest absolute Gasteiger partial charge is 0.439 e. The number of likely N-dealkylation sites (tertiary alicyclic amines) is 1.